The molecule has 1 heterocycles. The zero-order valence-corrected chi connectivity index (χ0v) is 23.5. The molecule has 2 aromatic rings. The number of aliphatic hydroxyl groups is 2. The summed E-state index contributed by atoms with van der Waals surface area (Å²) in [4.78, 5) is 39.9. The molecule has 1 aliphatic heterocycles. The van der Waals surface area contributed by atoms with Gasteiger partial charge in [-0.15, -0.1) is 0 Å². The molecule has 4 atom stereocenters. The molecule has 2 amide bonds. The van der Waals surface area contributed by atoms with Crippen molar-refractivity contribution in [3.05, 3.63) is 80.9 Å². The van der Waals surface area contributed by atoms with Crippen molar-refractivity contribution in [1.82, 2.24) is 10.2 Å². The Labute approximate surface area is 242 Å². The number of amides is 2. The van der Waals surface area contributed by atoms with Crippen molar-refractivity contribution in [3.8, 4) is 11.5 Å². The number of hydrogen-bond acceptors (Lipinski definition) is 7. The minimum atomic E-state index is -1.27. The Balaban J connectivity index is 1.83. The highest BCUT2D eigenvalue weighted by Crippen LogP contribution is 2.51. The Morgan fingerprint density at radius 3 is 2.62 bits per heavy atom. The summed E-state index contributed by atoms with van der Waals surface area (Å²) in [7, 11) is 1.43. The summed E-state index contributed by atoms with van der Waals surface area (Å²) in [5.41, 5.74) is 1.70. The van der Waals surface area contributed by atoms with Gasteiger partial charge in [-0.1, -0.05) is 42.3 Å². The molecule has 0 spiro atoms. The summed E-state index contributed by atoms with van der Waals surface area (Å²) < 4.78 is 11.6. The predicted molar refractivity (Wildman–Crippen MR) is 150 cm³/mol. The normalized spacial score (nSPS) is 21.2. The molecule has 9 nitrogen and oxygen atoms in total. The van der Waals surface area contributed by atoms with Gasteiger partial charge in [0.15, 0.2) is 11.5 Å². The molecule has 0 aromatic heterocycles. The molecule has 0 saturated heterocycles. The lowest BCUT2D eigenvalue weighted by Gasteiger charge is -2.40. The number of nitrogens with one attached hydrogen (secondary N) is 1. The minimum Gasteiger partial charge on any atom is -0.493 e. The van der Waals surface area contributed by atoms with Gasteiger partial charge in [-0.25, -0.2) is 0 Å². The van der Waals surface area contributed by atoms with Crippen LogP contribution in [0, 0.1) is 0 Å². The first kappa shape index (κ1) is 29.6. The van der Waals surface area contributed by atoms with E-state index in [1.807, 2.05) is 6.92 Å². The number of aldehydes is 1. The van der Waals surface area contributed by atoms with Crippen LogP contribution in [-0.2, 0) is 16.1 Å². The van der Waals surface area contributed by atoms with E-state index in [0.717, 1.165) is 0 Å². The molecule has 0 fully saturated rings. The number of halogens is 2. The van der Waals surface area contributed by atoms with Gasteiger partial charge in [-0.3, -0.25) is 14.4 Å². The van der Waals surface area contributed by atoms with Gasteiger partial charge in [0.1, 0.15) is 18.5 Å². The van der Waals surface area contributed by atoms with Crippen LogP contribution in [-0.4, -0.2) is 71.7 Å². The topological polar surface area (TPSA) is 125 Å². The number of nitrogens with zero attached hydrogens (tertiary/aromatic N) is 1. The Hall–Kier alpha value is -3.37. The number of rotatable bonds is 10. The number of carbonyl (C=O) groups is 3. The second-order valence-electron chi connectivity index (χ2n) is 9.43. The van der Waals surface area contributed by atoms with Crippen LogP contribution in [0.1, 0.15) is 40.7 Å². The van der Waals surface area contributed by atoms with Gasteiger partial charge in [0.2, 0.25) is 11.8 Å². The fourth-order valence-electron chi connectivity index (χ4n) is 5.04. The van der Waals surface area contributed by atoms with E-state index < -0.39 is 36.0 Å². The van der Waals surface area contributed by atoms with E-state index in [1.165, 1.54) is 24.2 Å². The first-order valence-corrected chi connectivity index (χ1v) is 13.5. The summed E-state index contributed by atoms with van der Waals surface area (Å²) in [5, 5.41) is 24.3. The number of hydrogen-bond donors (Lipinski definition) is 3. The number of carbonyl (C=O) groups excluding carboxylic acids is 3. The van der Waals surface area contributed by atoms with Gasteiger partial charge in [0, 0.05) is 29.8 Å². The molecule has 2 aromatic carbocycles. The van der Waals surface area contributed by atoms with Crippen LogP contribution in [0.4, 0.5) is 0 Å². The number of fused-ring (bicyclic) bond motifs is 3. The maximum absolute atomic E-state index is 13.5. The van der Waals surface area contributed by atoms with Gasteiger partial charge in [0.25, 0.3) is 0 Å². The highest BCUT2D eigenvalue weighted by atomic mass is 35.5. The van der Waals surface area contributed by atoms with E-state index >= 15 is 0 Å². The fourth-order valence-corrected chi connectivity index (χ4v) is 5.36. The average molecular weight is 589 g/mol. The number of aliphatic hydroxyl groups excluding tert-OH is 2. The predicted octanol–water partition coefficient (Wildman–Crippen LogP) is 3.43. The molecule has 0 unspecified atom stereocenters. The molecule has 3 N–H and O–H groups in total. The van der Waals surface area contributed by atoms with Gasteiger partial charge in [-0.05, 0) is 48.4 Å². The van der Waals surface area contributed by atoms with Gasteiger partial charge >= 0.3 is 0 Å². The monoisotopic (exact) mass is 588 g/mol. The van der Waals surface area contributed by atoms with E-state index in [4.69, 9.17) is 32.7 Å². The summed E-state index contributed by atoms with van der Waals surface area (Å²) >= 11 is 12.3. The maximum atomic E-state index is 13.5. The number of ether oxygens (including phenoxy) is 2. The highest BCUT2D eigenvalue weighted by Gasteiger charge is 2.51. The van der Waals surface area contributed by atoms with Crippen molar-refractivity contribution >= 4 is 41.3 Å². The Bertz CT molecular complexity index is 1360. The van der Waals surface area contributed by atoms with Crippen molar-refractivity contribution in [2.24, 2.45) is 0 Å². The molecule has 0 saturated carbocycles. The number of allylic oxidation sites excluding steroid dienone is 1. The molecule has 11 heteroatoms. The van der Waals surface area contributed by atoms with Crippen molar-refractivity contribution in [2.75, 3.05) is 20.3 Å². The van der Waals surface area contributed by atoms with Crippen molar-refractivity contribution < 1.29 is 34.1 Å². The molecule has 1 aliphatic carbocycles. The third-order valence-electron chi connectivity index (χ3n) is 6.89. The summed E-state index contributed by atoms with van der Waals surface area (Å²) in [6, 6.07) is 7.11. The smallest absolute Gasteiger partial charge is 0.247 e. The molecule has 40 heavy (non-hydrogen) atoms. The molecule has 4 rings (SSSR count). The molecule has 212 valence electrons. The van der Waals surface area contributed by atoms with E-state index in [-0.39, 0.29) is 31.0 Å². The second kappa shape index (κ2) is 12.9. The highest BCUT2D eigenvalue weighted by molar-refractivity contribution is 6.42. The van der Waals surface area contributed by atoms with Gasteiger partial charge in [0.05, 0.1) is 35.7 Å². The molecule has 0 radical (unpaired) electrons. The Morgan fingerprint density at radius 2 is 1.98 bits per heavy atom. The van der Waals surface area contributed by atoms with Crippen LogP contribution >= 0.6 is 23.2 Å². The van der Waals surface area contributed by atoms with E-state index in [2.05, 4.69) is 5.32 Å². The summed E-state index contributed by atoms with van der Waals surface area (Å²) in [6.07, 6.45) is 3.70. The second-order valence-corrected chi connectivity index (χ2v) is 10.2. The van der Waals surface area contributed by atoms with E-state index in [9.17, 15) is 24.6 Å². The third-order valence-corrected chi connectivity index (χ3v) is 7.63. The van der Waals surface area contributed by atoms with Crippen LogP contribution in [0.2, 0.25) is 10.0 Å². The Morgan fingerprint density at radius 1 is 1.20 bits per heavy atom. The van der Waals surface area contributed by atoms with Crippen LogP contribution < -0.4 is 14.8 Å². The standard InChI is InChI=1S/C29H30Cl2N2O7/c1-3-4-5-24(36)33(14-16-6-7-20(30)21(31)11-16)22-13-19(29(38)32-8-9-34)25-18-10-17(15-35)12-23(39-2)27(18)40-28(25)26(22)37/h4-7,10-13,15,22,25-26,28,34,37H,3,8-9,14H2,1-2H3,(H,32,38)/t22-,25+,26+,28+/m1/s1. The van der Waals surface area contributed by atoms with Crippen molar-refractivity contribution in [2.45, 2.75) is 44.1 Å². The zero-order chi connectivity index (χ0) is 29.0. The van der Waals surface area contributed by atoms with Crippen LogP contribution in [0.3, 0.4) is 0 Å². The molecule has 0 bridgehead atoms. The van der Waals surface area contributed by atoms with Gasteiger partial charge in [-0.2, -0.15) is 0 Å². The first-order chi connectivity index (χ1) is 19.2. The average Bonchev–Trinajstić information content (AvgIpc) is 3.35. The summed E-state index contributed by atoms with van der Waals surface area (Å²) in [6.45, 7) is 1.66. The van der Waals surface area contributed by atoms with Gasteiger partial charge < -0.3 is 29.9 Å². The summed E-state index contributed by atoms with van der Waals surface area (Å²) in [5.74, 6) is -1.07. The van der Waals surface area contributed by atoms with Crippen LogP contribution in [0.5, 0.6) is 11.5 Å². The lowest BCUT2D eigenvalue weighted by molar-refractivity contribution is -0.133. The molecular formula is C29H30Cl2N2O7. The molecular weight excluding hydrogens is 559 g/mol. The third kappa shape index (κ3) is 5.88. The fraction of sp³-hybridized carbons (Fsp3) is 0.345. The number of benzene rings is 2. The quantitative estimate of drug-likeness (QED) is 0.287. The van der Waals surface area contributed by atoms with E-state index in [0.29, 0.717) is 45.2 Å². The molecule has 2 aliphatic rings. The maximum Gasteiger partial charge on any atom is 0.247 e. The largest absolute Gasteiger partial charge is 0.493 e. The van der Waals surface area contributed by atoms with Crippen molar-refractivity contribution in [3.63, 3.8) is 0 Å². The van der Waals surface area contributed by atoms with Crippen LogP contribution in [0.25, 0.3) is 0 Å². The minimum absolute atomic E-state index is 0.00263. The van der Waals surface area contributed by atoms with Crippen molar-refractivity contribution in [1.29, 1.82) is 0 Å². The lowest BCUT2D eigenvalue weighted by atomic mass is 9.77. The zero-order valence-electron chi connectivity index (χ0n) is 22.0. The van der Waals surface area contributed by atoms with E-state index in [1.54, 1.807) is 36.4 Å². The SMILES string of the molecule is CCC=CC(=O)N(Cc1ccc(Cl)c(Cl)c1)[C@@H]1C=C(C(=O)NCCO)[C@@H]2c3cc(C=O)cc(OC)c3O[C@@H]2[C@H]1O. The Kier molecular flexibility index (Phi) is 9.52. The van der Waals surface area contributed by atoms with Crippen LogP contribution in [0.15, 0.2) is 54.1 Å². The first-order valence-electron chi connectivity index (χ1n) is 12.8. The number of methoxy groups -OCH3 is 1. The lowest BCUT2D eigenvalue weighted by Crippen LogP contribution is -2.55.